The van der Waals surface area contributed by atoms with Crippen molar-refractivity contribution in [3.63, 3.8) is 0 Å². The van der Waals surface area contributed by atoms with Crippen LogP contribution in [0.1, 0.15) is 47.0 Å². The van der Waals surface area contributed by atoms with Crippen molar-refractivity contribution in [2.75, 3.05) is 5.75 Å². The Morgan fingerprint density at radius 2 is 1.81 bits per heavy atom. The van der Waals surface area contributed by atoms with Crippen LogP contribution in [0.4, 0.5) is 0 Å². The molecule has 94 valence electrons. The van der Waals surface area contributed by atoms with E-state index >= 15 is 0 Å². The van der Waals surface area contributed by atoms with Gasteiger partial charge in [-0.1, -0.05) is 6.92 Å². The molecule has 0 aromatic heterocycles. The summed E-state index contributed by atoms with van der Waals surface area (Å²) in [4.78, 5) is 11.1. The average Bonchev–Trinajstić information content (AvgIpc) is 2.81. The van der Waals surface area contributed by atoms with E-state index in [1.165, 1.54) is 0 Å². The lowest BCUT2D eigenvalue weighted by Crippen LogP contribution is -2.37. The van der Waals surface area contributed by atoms with Crippen molar-refractivity contribution in [2.45, 2.75) is 51.7 Å². The van der Waals surface area contributed by atoms with Crippen molar-refractivity contribution in [3.8, 4) is 0 Å². The van der Waals surface area contributed by atoms with Gasteiger partial charge in [-0.3, -0.25) is 9.00 Å². The molecule has 2 unspecified atom stereocenters. The zero-order valence-corrected chi connectivity index (χ0v) is 11.5. The van der Waals surface area contributed by atoms with Crippen molar-refractivity contribution < 1.29 is 9.00 Å². The molecule has 0 spiro atoms. The molecule has 0 aliphatic heterocycles. The van der Waals surface area contributed by atoms with E-state index in [1.807, 2.05) is 20.8 Å². The highest BCUT2D eigenvalue weighted by Gasteiger charge is 2.44. The van der Waals surface area contributed by atoms with E-state index < -0.39 is 10.8 Å². The van der Waals surface area contributed by atoms with Crippen LogP contribution in [0, 0.1) is 11.3 Å². The fourth-order valence-electron chi connectivity index (χ4n) is 2.01. The van der Waals surface area contributed by atoms with E-state index in [9.17, 15) is 9.00 Å². The monoisotopic (exact) mass is 245 g/mol. The zero-order chi connectivity index (χ0) is 12.6. The highest BCUT2D eigenvalue weighted by atomic mass is 32.2. The maximum absolute atomic E-state index is 12.2. The predicted molar refractivity (Wildman–Crippen MR) is 67.4 cm³/mol. The molecule has 0 heterocycles. The van der Waals surface area contributed by atoms with Crippen LogP contribution in [0.15, 0.2) is 0 Å². The minimum absolute atomic E-state index is 0.163. The summed E-state index contributed by atoms with van der Waals surface area (Å²) in [7, 11) is -0.912. The molecule has 0 aromatic rings. The maximum atomic E-state index is 12.2. The van der Waals surface area contributed by atoms with Gasteiger partial charge in [0.2, 0.25) is 5.91 Å². The summed E-state index contributed by atoms with van der Waals surface area (Å²) in [5.74, 6) is 0.844. The minimum atomic E-state index is -0.912. The quantitative estimate of drug-likeness (QED) is 0.803. The largest absolute Gasteiger partial charge is 0.370 e. The fourth-order valence-corrected chi connectivity index (χ4v) is 3.38. The van der Waals surface area contributed by atoms with Gasteiger partial charge in [0.15, 0.2) is 0 Å². The predicted octanol–water partition coefficient (Wildman–Crippen LogP) is 1.83. The minimum Gasteiger partial charge on any atom is -0.370 e. The van der Waals surface area contributed by atoms with Gasteiger partial charge in [-0.25, -0.2) is 0 Å². The van der Waals surface area contributed by atoms with Crippen molar-refractivity contribution >= 4 is 16.7 Å². The molecule has 1 saturated carbocycles. The van der Waals surface area contributed by atoms with Gasteiger partial charge in [0.05, 0.1) is 0 Å². The summed E-state index contributed by atoms with van der Waals surface area (Å²) in [6.45, 7) is 7.97. The smallest absolute Gasteiger partial charge is 0.218 e. The Labute approximate surface area is 101 Å². The SMILES string of the molecule is CC(CC(N)=O)(CS(=O)C(C)(C)C)C1CC1. The summed E-state index contributed by atoms with van der Waals surface area (Å²) >= 11 is 0. The van der Waals surface area contributed by atoms with Gasteiger partial charge in [0.25, 0.3) is 0 Å². The van der Waals surface area contributed by atoms with E-state index in [1.54, 1.807) is 0 Å². The molecule has 1 aliphatic rings. The van der Waals surface area contributed by atoms with Gasteiger partial charge in [-0.15, -0.1) is 0 Å². The summed E-state index contributed by atoms with van der Waals surface area (Å²) in [6.07, 6.45) is 2.65. The molecule has 1 amide bonds. The molecule has 0 aromatic carbocycles. The lowest BCUT2D eigenvalue weighted by Gasteiger charge is -2.31. The van der Waals surface area contributed by atoms with Crippen molar-refractivity contribution in [1.29, 1.82) is 0 Å². The number of carbonyl (C=O) groups is 1. The highest BCUT2D eigenvalue weighted by molar-refractivity contribution is 7.86. The Balaban J connectivity index is 2.71. The van der Waals surface area contributed by atoms with Crippen LogP contribution in [0.2, 0.25) is 0 Å². The lowest BCUT2D eigenvalue weighted by molar-refractivity contribution is -0.120. The third-order valence-electron chi connectivity index (χ3n) is 3.28. The van der Waals surface area contributed by atoms with Crippen LogP contribution < -0.4 is 5.73 Å². The van der Waals surface area contributed by atoms with Gasteiger partial charge >= 0.3 is 0 Å². The third kappa shape index (κ3) is 3.58. The Morgan fingerprint density at radius 3 is 2.12 bits per heavy atom. The molecule has 1 fully saturated rings. The number of nitrogens with two attached hydrogens (primary N) is 1. The number of rotatable bonds is 5. The molecule has 2 atom stereocenters. The van der Waals surface area contributed by atoms with Gasteiger partial charge in [0.1, 0.15) is 0 Å². The normalized spacial score (nSPS) is 22.5. The number of hydrogen-bond acceptors (Lipinski definition) is 2. The lowest BCUT2D eigenvalue weighted by atomic mass is 9.83. The molecule has 1 aliphatic carbocycles. The molecular weight excluding hydrogens is 222 g/mol. The molecule has 1 rings (SSSR count). The average molecular weight is 245 g/mol. The number of hydrogen-bond donors (Lipinski definition) is 1. The first-order valence-electron chi connectivity index (χ1n) is 5.82. The van der Waals surface area contributed by atoms with Gasteiger partial charge in [-0.05, 0) is 44.9 Å². The highest BCUT2D eigenvalue weighted by Crippen LogP contribution is 2.48. The van der Waals surface area contributed by atoms with Crippen LogP contribution >= 0.6 is 0 Å². The van der Waals surface area contributed by atoms with E-state index in [4.69, 9.17) is 5.73 Å². The van der Waals surface area contributed by atoms with Gasteiger partial charge in [-0.2, -0.15) is 0 Å². The fraction of sp³-hybridized carbons (Fsp3) is 0.917. The number of carbonyl (C=O) groups excluding carboxylic acids is 1. The second-order valence-corrected chi connectivity index (χ2v) is 8.38. The third-order valence-corrected chi connectivity index (χ3v) is 5.57. The standard InChI is InChI=1S/C12H23NO2S/c1-11(2,3)16(15)8-12(4,7-10(13)14)9-5-6-9/h9H,5-8H2,1-4H3,(H2,13,14). The van der Waals surface area contributed by atoms with Crippen molar-refractivity contribution in [3.05, 3.63) is 0 Å². The molecule has 4 heteroatoms. The molecule has 0 saturated heterocycles. The number of amides is 1. The second kappa shape index (κ2) is 4.47. The zero-order valence-electron chi connectivity index (χ0n) is 10.7. The maximum Gasteiger partial charge on any atom is 0.218 e. The van der Waals surface area contributed by atoms with E-state index in [0.29, 0.717) is 18.1 Å². The Kier molecular flexibility index (Phi) is 3.83. The van der Waals surface area contributed by atoms with E-state index in [0.717, 1.165) is 12.8 Å². The second-order valence-electron chi connectivity index (χ2n) is 6.17. The summed E-state index contributed by atoms with van der Waals surface area (Å²) < 4.78 is 11.9. The van der Waals surface area contributed by atoms with Crippen LogP contribution in [-0.4, -0.2) is 20.6 Å². The first kappa shape index (κ1) is 13.7. The molecule has 0 bridgehead atoms. The van der Waals surface area contributed by atoms with E-state index in [2.05, 4.69) is 6.92 Å². The molecule has 3 nitrogen and oxygen atoms in total. The Hall–Kier alpha value is -0.380. The number of primary amides is 1. The van der Waals surface area contributed by atoms with Crippen LogP contribution in [-0.2, 0) is 15.6 Å². The van der Waals surface area contributed by atoms with Gasteiger partial charge < -0.3 is 5.73 Å². The Morgan fingerprint density at radius 1 is 1.31 bits per heavy atom. The van der Waals surface area contributed by atoms with E-state index in [-0.39, 0.29) is 16.1 Å². The summed E-state index contributed by atoms with van der Waals surface area (Å²) in [5.41, 5.74) is 5.13. The van der Waals surface area contributed by atoms with Crippen molar-refractivity contribution in [2.24, 2.45) is 17.1 Å². The molecular formula is C12H23NO2S. The molecule has 0 radical (unpaired) electrons. The van der Waals surface area contributed by atoms with Crippen LogP contribution in [0.5, 0.6) is 0 Å². The van der Waals surface area contributed by atoms with Crippen molar-refractivity contribution in [1.82, 2.24) is 0 Å². The van der Waals surface area contributed by atoms with Crippen LogP contribution in [0.3, 0.4) is 0 Å². The van der Waals surface area contributed by atoms with Crippen LogP contribution in [0.25, 0.3) is 0 Å². The molecule has 2 N–H and O–H groups in total. The summed E-state index contributed by atoms with van der Waals surface area (Å²) in [5, 5.41) is 0. The first-order chi connectivity index (χ1) is 7.15. The summed E-state index contributed by atoms with van der Waals surface area (Å²) in [6, 6.07) is 0. The first-order valence-corrected chi connectivity index (χ1v) is 7.14. The Bertz CT molecular complexity index is 305. The molecule has 16 heavy (non-hydrogen) atoms. The van der Waals surface area contributed by atoms with Gasteiger partial charge in [0, 0.05) is 27.7 Å². The topological polar surface area (TPSA) is 60.2 Å².